The lowest BCUT2D eigenvalue weighted by Gasteiger charge is -2.31. The SMILES string of the molecule is CC(=O)N1C2CCC1[C@@H](N(C)Cc1ccccc1)C2. The third-order valence-electron chi connectivity index (χ3n) is 4.71. The normalized spacial score (nSPS) is 29.2. The van der Waals surface area contributed by atoms with E-state index < -0.39 is 0 Å². The van der Waals surface area contributed by atoms with Crippen LogP contribution >= 0.6 is 0 Å². The highest BCUT2D eigenvalue weighted by Crippen LogP contribution is 2.40. The highest BCUT2D eigenvalue weighted by Gasteiger charge is 2.48. The Hall–Kier alpha value is -1.35. The molecule has 1 amide bonds. The van der Waals surface area contributed by atoms with Crippen molar-refractivity contribution in [3.8, 4) is 0 Å². The van der Waals surface area contributed by atoms with Crippen LogP contribution in [-0.4, -0.2) is 40.9 Å². The number of rotatable bonds is 3. The second kappa shape index (κ2) is 4.97. The smallest absolute Gasteiger partial charge is 0.219 e. The number of carbonyl (C=O) groups is 1. The summed E-state index contributed by atoms with van der Waals surface area (Å²) in [5, 5.41) is 0. The lowest BCUT2D eigenvalue weighted by molar-refractivity contribution is -0.130. The number of nitrogens with zero attached hydrogens (tertiary/aromatic N) is 2. The van der Waals surface area contributed by atoms with Gasteiger partial charge in [0.05, 0.1) is 0 Å². The van der Waals surface area contributed by atoms with Crippen LogP contribution in [0.1, 0.15) is 31.7 Å². The molecule has 0 aliphatic carbocycles. The minimum atomic E-state index is 0.253. The topological polar surface area (TPSA) is 23.6 Å². The molecule has 2 unspecified atom stereocenters. The van der Waals surface area contributed by atoms with E-state index in [1.165, 1.54) is 18.4 Å². The van der Waals surface area contributed by atoms with Gasteiger partial charge in [0.1, 0.15) is 0 Å². The first-order valence-electron chi connectivity index (χ1n) is 7.20. The Morgan fingerprint density at radius 2 is 2.05 bits per heavy atom. The maximum Gasteiger partial charge on any atom is 0.219 e. The molecule has 2 aliphatic heterocycles. The molecule has 3 heteroatoms. The molecule has 3 rings (SSSR count). The Morgan fingerprint density at radius 3 is 2.68 bits per heavy atom. The molecular formula is C16H22N2O. The predicted molar refractivity (Wildman–Crippen MR) is 75.6 cm³/mol. The van der Waals surface area contributed by atoms with Gasteiger partial charge in [-0.15, -0.1) is 0 Å². The average molecular weight is 258 g/mol. The Morgan fingerprint density at radius 1 is 1.32 bits per heavy atom. The zero-order valence-corrected chi connectivity index (χ0v) is 11.7. The van der Waals surface area contributed by atoms with Crippen molar-refractivity contribution in [1.29, 1.82) is 0 Å². The lowest BCUT2D eigenvalue weighted by atomic mass is 9.94. The standard InChI is InChI=1S/C16H22N2O/c1-12(19)18-14-8-9-15(18)16(10-14)17(2)11-13-6-4-3-5-7-13/h3-7,14-16H,8-11H2,1-2H3/t14?,15?,16-/m0/s1. The summed E-state index contributed by atoms with van der Waals surface area (Å²) in [7, 11) is 2.19. The van der Waals surface area contributed by atoms with Gasteiger partial charge in [-0.3, -0.25) is 9.69 Å². The van der Waals surface area contributed by atoms with Gasteiger partial charge < -0.3 is 4.90 Å². The second-order valence-electron chi connectivity index (χ2n) is 5.93. The monoisotopic (exact) mass is 258 g/mol. The van der Waals surface area contributed by atoms with Crippen molar-refractivity contribution >= 4 is 5.91 Å². The van der Waals surface area contributed by atoms with E-state index in [9.17, 15) is 4.79 Å². The first kappa shape index (κ1) is 12.7. The summed E-state index contributed by atoms with van der Waals surface area (Å²) in [4.78, 5) is 16.3. The van der Waals surface area contributed by atoms with Gasteiger partial charge in [0, 0.05) is 31.6 Å². The summed E-state index contributed by atoms with van der Waals surface area (Å²) in [5.41, 5.74) is 1.35. The van der Waals surface area contributed by atoms with E-state index in [0.717, 1.165) is 13.0 Å². The van der Waals surface area contributed by atoms with Gasteiger partial charge in [0.2, 0.25) is 5.91 Å². The van der Waals surface area contributed by atoms with Gasteiger partial charge in [-0.05, 0) is 31.9 Å². The predicted octanol–water partition coefficient (Wildman–Crippen LogP) is 2.27. The third kappa shape index (κ3) is 2.27. The summed E-state index contributed by atoms with van der Waals surface area (Å²) in [5.74, 6) is 0.253. The van der Waals surface area contributed by atoms with Crippen LogP contribution in [0.4, 0.5) is 0 Å². The van der Waals surface area contributed by atoms with E-state index in [2.05, 4.69) is 47.2 Å². The molecule has 0 N–H and O–H groups in total. The maximum atomic E-state index is 11.7. The van der Waals surface area contributed by atoms with Gasteiger partial charge in [0.15, 0.2) is 0 Å². The summed E-state index contributed by atoms with van der Waals surface area (Å²) < 4.78 is 0. The van der Waals surface area contributed by atoms with Gasteiger partial charge in [-0.2, -0.15) is 0 Å². The number of amides is 1. The molecule has 1 aromatic carbocycles. The Balaban J connectivity index is 1.69. The van der Waals surface area contributed by atoms with Gasteiger partial charge in [-0.1, -0.05) is 30.3 Å². The fourth-order valence-electron chi connectivity index (χ4n) is 3.91. The van der Waals surface area contributed by atoms with Crippen molar-refractivity contribution < 1.29 is 4.79 Å². The highest BCUT2D eigenvalue weighted by molar-refractivity contribution is 5.75. The number of carbonyl (C=O) groups excluding carboxylic acids is 1. The molecule has 0 aromatic heterocycles. The molecule has 2 bridgehead atoms. The minimum absolute atomic E-state index is 0.253. The molecule has 102 valence electrons. The number of hydrogen-bond acceptors (Lipinski definition) is 2. The van der Waals surface area contributed by atoms with Crippen LogP contribution in [0.15, 0.2) is 30.3 Å². The molecule has 2 aliphatic rings. The fourth-order valence-corrected chi connectivity index (χ4v) is 3.91. The molecule has 19 heavy (non-hydrogen) atoms. The molecule has 2 fully saturated rings. The number of hydrogen-bond donors (Lipinski definition) is 0. The van der Waals surface area contributed by atoms with Crippen LogP contribution in [0.2, 0.25) is 0 Å². The van der Waals surface area contributed by atoms with Crippen LogP contribution in [0.3, 0.4) is 0 Å². The van der Waals surface area contributed by atoms with Crippen molar-refractivity contribution in [2.75, 3.05) is 7.05 Å². The Bertz CT molecular complexity index is 459. The van der Waals surface area contributed by atoms with E-state index in [0.29, 0.717) is 18.1 Å². The number of likely N-dealkylation sites (N-methyl/N-ethyl adjacent to an activating group) is 1. The highest BCUT2D eigenvalue weighted by atomic mass is 16.2. The van der Waals surface area contributed by atoms with Crippen LogP contribution in [0.25, 0.3) is 0 Å². The van der Waals surface area contributed by atoms with Crippen molar-refractivity contribution in [1.82, 2.24) is 9.80 Å². The molecule has 3 nitrogen and oxygen atoms in total. The van der Waals surface area contributed by atoms with E-state index in [1.54, 1.807) is 6.92 Å². The first-order chi connectivity index (χ1) is 9.16. The molecule has 0 saturated carbocycles. The van der Waals surface area contributed by atoms with Crippen molar-refractivity contribution in [3.63, 3.8) is 0 Å². The summed E-state index contributed by atoms with van der Waals surface area (Å²) in [6.07, 6.45) is 3.52. The first-order valence-corrected chi connectivity index (χ1v) is 7.20. The zero-order valence-electron chi connectivity index (χ0n) is 11.7. The van der Waals surface area contributed by atoms with Crippen molar-refractivity contribution in [3.05, 3.63) is 35.9 Å². The van der Waals surface area contributed by atoms with Gasteiger partial charge in [-0.25, -0.2) is 0 Å². The van der Waals surface area contributed by atoms with E-state index in [-0.39, 0.29) is 5.91 Å². The maximum absolute atomic E-state index is 11.7. The molecule has 0 spiro atoms. The van der Waals surface area contributed by atoms with E-state index >= 15 is 0 Å². The molecule has 2 saturated heterocycles. The van der Waals surface area contributed by atoms with Crippen molar-refractivity contribution in [2.24, 2.45) is 0 Å². The van der Waals surface area contributed by atoms with Crippen LogP contribution in [0, 0.1) is 0 Å². The second-order valence-corrected chi connectivity index (χ2v) is 5.93. The minimum Gasteiger partial charge on any atom is -0.335 e. The van der Waals surface area contributed by atoms with Gasteiger partial charge >= 0.3 is 0 Å². The number of benzene rings is 1. The molecular weight excluding hydrogens is 236 g/mol. The zero-order chi connectivity index (χ0) is 13.4. The summed E-state index contributed by atoms with van der Waals surface area (Å²) >= 11 is 0. The molecule has 1 aromatic rings. The van der Waals surface area contributed by atoms with E-state index in [4.69, 9.17) is 0 Å². The fraction of sp³-hybridized carbons (Fsp3) is 0.562. The summed E-state index contributed by atoms with van der Waals surface area (Å²) in [6, 6.07) is 12.0. The summed E-state index contributed by atoms with van der Waals surface area (Å²) in [6.45, 7) is 2.69. The molecule has 0 radical (unpaired) electrons. The molecule has 3 atom stereocenters. The Labute approximate surface area is 115 Å². The van der Waals surface area contributed by atoms with Crippen LogP contribution in [-0.2, 0) is 11.3 Å². The lowest BCUT2D eigenvalue weighted by Crippen LogP contribution is -2.43. The largest absolute Gasteiger partial charge is 0.335 e. The van der Waals surface area contributed by atoms with E-state index in [1.807, 2.05) is 0 Å². The number of fused-ring (bicyclic) bond motifs is 2. The Kier molecular flexibility index (Phi) is 3.31. The molecule has 2 heterocycles. The van der Waals surface area contributed by atoms with Crippen LogP contribution in [0.5, 0.6) is 0 Å². The van der Waals surface area contributed by atoms with Crippen molar-refractivity contribution in [2.45, 2.75) is 50.9 Å². The quantitative estimate of drug-likeness (QED) is 0.830. The third-order valence-corrected chi connectivity index (χ3v) is 4.71. The average Bonchev–Trinajstić information content (AvgIpc) is 2.97. The van der Waals surface area contributed by atoms with Gasteiger partial charge in [0.25, 0.3) is 0 Å². The van der Waals surface area contributed by atoms with Crippen LogP contribution < -0.4 is 0 Å².